The van der Waals surface area contributed by atoms with Crippen LogP contribution < -0.4 is 14.5 Å². The van der Waals surface area contributed by atoms with Crippen molar-refractivity contribution in [3.05, 3.63) is 78.9 Å². The van der Waals surface area contributed by atoms with E-state index in [-0.39, 0.29) is 43.3 Å². The van der Waals surface area contributed by atoms with Crippen molar-refractivity contribution in [1.29, 1.82) is 0 Å². The molecule has 2 bridgehead atoms. The first-order chi connectivity index (χ1) is 22.5. The molecule has 1 spiro atoms. The average molecular weight is 680 g/mol. The van der Waals surface area contributed by atoms with Gasteiger partial charge in [0.05, 0.1) is 46.5 Å². The number of amides is 3. The molecule has 252 valence electrons. The second-order valence-corrected chi connectivity index (χ2v) is 15.6. The molecule has 0 radical (unpaired) electrons. The molecule has 3 fully saturated rings. The quantitative estimate of drug-likeness (QED) is 0.234. The van der Waals surface area contributed by atoms with Gasteiger partial charge in [0.15, 0.2) is 0 Å². The van der Waals surface area contributed by atoms with E-state index >= 15 is 4.79 Å². The first-order valence-corrected chi connectivity index (χ1v) is 17.6. The highest BCUT2D eigenvalue weighted by Crippen LogP contribution is 2.72. The second-order valence-electron chi connectivity index (χ2n) is 13.3. The summed E-state index contributed by atoms with van der Waals surface area (Å²) in [6.07, 6.45) is 5.10. The number of benzene rings is 2. The molecule has 10 heteroatoms. The number of para-hydroxylation sites is 1. The summed E-state index contributed by atoms with van der Waals surface area (Å²) in [5.41, 5.74) is 1.21. The van der Waals surface area contributed by atoms with Crippen LogP contribution in [0.15, 0.2) is 73.8 Å². The topological polar surface area (TPSA) is 90.4 Å². The summed E-state index contributed by atoms with van der Waals surface area (Å²) in [4.78, 5) is 49.7. The molecule has 5 rings (SSSR count). The number of anilines is 2. The maximum atomic E-state index is 15.0. The van der Waals surface area contributed by atoms with Crippen LogP contribution in [-0.2, 0) is 14.4 Å². The maximum Gasteiger partial charge on any atom is 0.251 e. The van der Waals surface area contributed by atoms with Crippen LogP contribution in [-0.4, -0.2) is 75.6 Å². The highest BCUT2D eigenvalue weighted by Gasteiger charge is 2.78. The number of carbonyl (C=O) groups is 3. The third-order valence-corrected chi connectivity index (χ3v) is 12.1. The molecule has 3 saturated heterocycles. The minimum absolute atomic E-state index is 0.156. The second kappa shape index (κ2) is 14.1. The molecule has 3 aliphatic heterocycles. The molecule has 3 amide bonds. The summed E-state index contributed by atoms with van der Waals surface area (Å²) in [6, 6.07) is 13.0. The van der Waals surface area contributed by atoms with Gasteiger partial charge in [-0.25, -0.2) is 0 Å². The fourth-order valence-corrected chi connectivity index (χ4v) is 10.6. The molecule has 47 heavy (non-hydrogen) atoms. The largest absolute Gasteiger partial charge is 0.494 e. The Balaban J connectivity index is 1.62. The molecular weight excluding hydrogens is 634 g/mol. The van der Waals surface area contributed by atoms with Gasteiger partial charge >= 0.3 is 0 Å². The summed E-state index contributed by atoms with van der Waals surface area (Å²) < 4.78 is 4.18. The van der Waals surface area contributed by atoms with Gasteiger partial charge in [0.25, 0.3) is 5.91 Å². The predicted molar refractivity (Wildman–Crippen MR) is 190 cm³/mol. The molecule has 2 aromatic carbocycles. The average Bonchev–Trinajstić information content (AvgIpc) is 3.62. The van der Waals surface area contributed by atoms with E-state index in [0.29, 0.717) is 48.0 Å². The Hall–Kier alpha value is -3.27. The lowest BCUT2D eigenvalue weighted by atomic mass is 9.66. The lowest BCUT2D eigenvalue weighted by Gasteiger charge is -2.40. The molecular formula is C37H46ClN3O5S. The number of halogens is 1. The summed E-state index contributed by atoms with van der Waals surface area (Å²) in [7, 11) is 0. The molecule has 6 atom stereocenters. The van der Waals surface area contributed by atoms with E-state index in [1.165, 1.54) is 0 Å². The minimum Gasteiger partial charge on any atom is -0.494 e. The monoisotopic (exact) mass is 679 g/mol. The van der Waals surface area contributed by atoms with Crippen molar-refractivity contribution in [2.75, 3.05) is 36.1 Å². The van der Waals surface area contributed by atoms with Gasteiger partial charge in [-0.05, 0) is 75.4 Å². The zero-order chi connectivity index (χ0) is 34.1. The fourth-order valence-electron chi connectivity index (χ4n) is 8.00. The molecule has 8 nitrogen and oxygen atoms in total. The number of aliphatic hydroxyl groups is 1. The smallest absolute Gasteiger partial charge is 0.251 e. The molecule has 3 heterocycles. The van der Waals surface area contributed by atoms with Gasteiger partial charge in [-0.3, -0.25) is 14.4 Å². The van der Waals surface area contributed by atoms with Crippen molar-refractivity contribution in [3.8, 4) is 5.75 Å². The third kappa shape index (κ3) is 6.11. The molecule has 2 unspecified atom stereocenters. The van der Waals surface area contributed by atoms with Crippen LogP contribution in [0.4, 0.5) is 11.4 Å². The van der Waals surface area contributed by atoms with Gasteiger partial charge in [-0.2, -0.15) is 0 Å². The van der Waals surface area contributed by atoms with E-state index in [9.17, 15) is 14.7 Å². The number of likely N-dealkylation sites (tertiary alicyclic amines) is 1. The van der Waals surface area contributed by atoms with Gasteiger partial charge in [-0.15, -0.1) is 24.9 Å². The lowest BCUT2D eigenvalue weighted by molar-refractivity contribution is -0.142. The summed E-state index contributed by atoms with van der Waals surface area (Å²) >= 11 is 8.24. The first-order valence-electron chi connectivity index (χ1n) is 16.4. The molecule has 0 saturated carbocycles. The van der Waals surface area contributed by atoms with Crippen molar-refractivity contribution in [2.45, 2.75) is 68.5 Å². The van der Waals surface area contributed by atoms with Crippen molar-refractivity contribution in [1.82, 2.24) is 4.90 Å². The van der Waals surface area contributed by atoms with Crippen molar-refractivity contribution in [2.24, 2.45) is 17.8 Å². The van der Waals surface area contributed by atoms with Crippen LogP contribution in [0, 0.1) is 17.8 Å². The standard InChI is InChI=1S/C37H46ClN3O5S/c1-7-20-39(25-14-16-27(17-15-25)46-9-3)33(43)30-31-34(44)41(26(23-42)22-24(4)5)32(37(31)19-18-36(30,6)47-37)35(45)40(21-8-2)29-13-11-10-12-28(29)38/h7-8,10-17,24,26,30-32,42H,1-2,9,18-23H2,3-6H3/t26-,30+,31+,32?,36-,37?/m1/s1. The summed E-state index contributed by atoms with van der Waals surface area (Å²) in [6.45, 7) is 16.5. The number of carbonyl (C=O) groups excluding carboxylic acids is 3. The van der Waals surface area contributed by atoms with Crippen molar-refractivity contribution in [3.63, 3.8) is 0 Å². The molecule has 3 aliphatic rings. The molecule has 1 N–H and O–H groups in total. The van der Waals surface area contributed by atoms with E-state index in [2.05, 4.69) is 20.1 Å². The Labute approximate surface area is 287 Å². The number of rotatable bonds is 14. The Kier molecular flexibility index (Phi) is 10.5. The van der Waals surface area contributed by atoms with Gasteiger partial charge in [-0.1, -0.05) is 49.7 Å². The predicted octanol–water partition coefficient (Wildman–Crippen LogP) is 6.37. The molecule has 0 aliphatic carbocycles. The van der Waals surface area contributed by atoms with E-state index in [4.69, 9.17) is 16.3 Å². The summed E-state index contributed by atoms with van der Waals surface area (Å²) in [5, 5.41) is 11.1. The van der Waals surface area contributed by atoms with Crippen LogP contribution in [0.1, 0.15) is 47.0 Å². The normalized spacial score (nSPS) is 26.7. The SMILES string of the molecule is C=CCN(C(=O)[C@@H]1[C@H]2C(=O)N([C@@H](CO)CC(C)C)C(C(=O)N(CC=C)c3ccccc3Cl)C23CC[C@@]1(C)S3)c1ccc(OCC)cc1. The van der Waals surface area contributed by atoms with Crippen molar-refractivity contribution >= 4 is 52.5 Å². The number of aliphatic hydroxyl groups excluding tert-OH is 1. The molecule has 2 aromatic rings. The van der Waals surface area contributed by atoms with Gasteiger partial charge in [0, 0.05) is 23.5 Å². The zero-order valence-corrected chi connectivity index (χ0v) is 29.3. The van der Waals surface area contributed by atoms with Crippen molar-refractivity contribution < 1.29 is 24.2 Å². The minimum atomic E-state index is -0.907. The Bertz CT molecular complexity index is 1520. The van der Waals surface area contributed by atoms with Gasteiger partial charge in [0.1, 0.15) is 11.8 Å². The Morgan fingerprint density at radius 1 is 1.09 bits per heavy atom. The number of thioether (sulfide) groups is 1. The zero-order valence-electron chi connectivity index (χ0n) is 27.7. The van der Waals surface area contributed by atoms with Gasteiger partial charge in [0.2, 0.25) is 11.8 Å². The van der Waals surface area contributed by atoms with E-state index < -0.39 is 33.4 Å². The number of fused-ring (bicyclic) bond motifs is 1. The highest BCUT2D eigenvalue weighted by molar-refractivity contribution is 8.02. The number of nitrogens with zero attached hydrogens (tertiary/aromatic N) is 3. The van der Waals surface area contributed by atoms with E-state index in [1.54, 1.807) is 56.8 Å². The van der Waals surface area contributed by atoms with Gasteiger partial charge < -0.3 is 24.5 Å². The number of hydrogen-bond acceptors (Lipinski definition) is 6. The highest BCUT2D eigenvalue weighted by atomic mass is 35.5. The van der Waals surface area contributed by atoms with Crippen LogP contribution >= 0.6 is 23.4 Å². The molecule has 0 aromatic heterocycles. The van der Waals surface area contributed by atoms with E-state index in [0.717, 1.165) is 0 Å². The fraction of sp³-hybridized carbons (Fsp3) is 0.486. The summed E-state index contributed by atoms with van der Waals surface area (Å²) in [5.74, 6) is -1.28. The lowest BCUT2D eigenvalue weighted by Crippen LogP contribution is -2.58. The van der Waals surface area contributed by atoms with Crippen LogP contribution in [0.5, 0.6) is 5.75 Å². The number of hydrogen-bond donors (Lipinski definition) is 1. The van der Waals surface area contributed by atoms with Crippen LogP contribution in [0.3, 0.4) is 0 Å². The third-order valence-electron chi connectivity index (χ3n) is 9.82. The number of ether oxygens (including phenoxy) is 1. The van der Waals surface area contributed by atoms with Crippen LogP contribution in [0.2, 0.25) is 5.02 Å². The Morgan fingerprint density at radius 3 is 2.34 bits per heavy atom. The maximum absolute atomic E-state index is 15.0. The first kappa shape index (κ1) is 35.0. The van der Waals surface area contributed by atoms with E-state index in [1.807, 2.05) is 51.1 Å². The Morgan fingerprint density at radius 2 is 1.74 bits per heavy atom. The van der Waals surface area contributed by atoms with Crippen LogP contribution in [0.25, 0.3) is 0 Å².